The fourth-order valence-electron chi connectivity index (χ4n) is 1.51. The summed E-state index contributed by atoms with van der Waals surface area (Å²) in [7, 11) is 0. The van der Waals surface area contributed by atoms with Gasteiger partial charge in [-0.3, -0.25) is 9.59 Å². The van der Waals surface area contributed by atoms with Crippen LogP contribution >= 0.6 is 0 Å². The van der Waals surface area contributed by atoms with Crippen molar-refractivity contribution in [3.8, 4) is 6.07 Å². The third-order valence-corrected chi connectivity index (χ3v) is 2.50. The van der Waals surface area contributed by atoms with Gasteiger partial charge in [0, 0.05) is 5.56 Å². The maximum Gasteiger partial charge on any atom is 0.251 e. The van der Waals surface area contributed by atoms with Crippen LogP contribution in [0.5, 0.6) is 0 Å². The van der Waals surface area contributed by atoms with Gasteiger partial charge in [0.1, 0.15) is 6.04 Å². The molecule has 0 aliphatic heterocycles. The maximum absolute atomic E-state index is 11.8. The zero-order valence-electron chi connectivity index (χ0n) is 10.1. The van der Waals surface area contributed by atoms with Gasteiger partial charge in [0.25, 0.3) is 5.91 Å². The number of carbonyl (C=O) groups is 2. The molecule has 0 spiro atoms. The van der Waals surface area contributed by atoms with E-state index in [1.54, 1.807) is 12.1 Å². The van der Waals surface area contributed by atoms with Crippen molar-refractivity contribution in [1.82, 2.24) is 5.32 Å². The first-order valence-corrected chi connectivity index (χ1v) is 5.68. The van der Waals surface area contributed by atoms with Crippen LogP contribution in [0.25, 0.3) is 0 Å². The van der Waals surface area contributed by atoms with Crippen LogP contribution in [0.3, 0.4) is 0 Å². The first-order chi connectivity index (χ1) is 8.58. The van der Waals surface area contributed by atoms with Gasteiger partial charge in [0.15, 0.2) is 0 Å². The second-order valence-electron chi connectivity index (χ2n) is 3.91. The Morgan fingerprint density at radius 1 is 1.39 bits per heavy atom. The molecule has 0 aliphatic rings. The Morgan fingerprint density at radius 2 is 2.00 bits per heavy atom. The number of nitrogens with zero attached hydrogens (tertiary/aromatic N) is 1. The van der Waals surface area contributed by atoms with Crippen molar-refractivity contribution in [3.05, 3.63) is 35.4 Å². The minimum absolute atomic E-state index is 0.364. The molecule has 0 aromatic heterocycles. The molecule has 2 amide bonds. The zero-order valence-corrected chi connectivity index (χ0v) is 10.1. The van der Waals surface area contributed by atoms with Gasteiger partial charge in [-0.1, -0.05) is 13.3 Å². The van der Waals surface area contributed by atoms with Gasteiger partial charge in [-0.25, -0.2) is 0 Å². The van der Waals surface area contributed by atoms with Crippen LogP contribution < -0.4 is 11.1 Å². The molecular weight excluding hydrogens is 230 g/mol. The highest BCUT2D eigenvalue weighted by Gasteiger charge is 2.17. The third-order valence-electron chi connectivity index (χ3n) is 2.50. The monoisotopic (exact) mass is 245 g/mol. The maximum atomic E-state index is 11.8. The van der Waals surface area contributed by atoms with Crippen LogP contribution in [0.2, 0.25) is 0 Å². The van der Waals surface area contributed by atoms with Crippen molar-refractivity contribution in [3.63, 3.8) is 0 Å². The molecule has 94 valence electrons. The van der Waals surface area contributed by atoms with Crippen molar-refractivity contribution in [2.75, 3.05) is 0 Å². The quantitative estimate of drug-likeness (QED) is 0.808. The number of primary amides is 1. The van der Waals surface area contributed by atoms with E-state index < -0.39 is 11.9 Å². The SMILES string of the molecule is CCCC(NC(=O)c1ccc(C#N)cc1)C(N)=O. The lowest BCUT2D eigenvalue weighted by Gasteiger charge is -2.14. The summed E-state index contributed by atoms with van der Waals surface area (Å²) in [5, 5.41) is 11.2. The number of rotatable bonds is 5. The van der Waals surface area contributed by atoms with Crippen molar-refractivity contribution in [2.24, 2.45) is 5.73 Å². The van der Waals surface area contributed by atoms with Crippen LogP contribution in [0, 0.1) is 11.3 Å². The molecule has 0 bridgehead atoms. The number of nitriles is 1. The highest BCUT2D eigenvalue weighted by molar-refractivity contribution is 5.97. The first kappa shape index (κ1) is 13.7. The number of carbonyl (C=O) groups excluding carboxylic acids is 2. The van der Waals surface area contributed by atoms with Crippen LogP contribution in [-0.4, -0.2) is 17.9 Å². The van der Waals surface area contributed by atoms with Crippen molar-refractivity contribution in [2.45, 2.75) is 25.8 Å². The molecule has 1 rings (SSSR count). The Balaban J connectivity index is 2.74. The van der Waals surface area contributed by atoms with E-state index in [1.807, 2.05) is 13.0 Å². The number of nitrogens with two attached hydrogens (primary N) is 1. The van der Waals surface area contributed by atoms with Gasteiger partial charge in [-0.15, -0.1) is 0 Å². The molecule has 1 atom stereocenters. The number of nitrogens with one attached hydrogen (secondary N) is 1. The van der Waals surface area contributed by atoms with E-state index in [2.05, 4.69) is 5.32 Å². The predicted molar refractivity (Wildman–Crippen MR) is 66.5 cm³/mol. The number of hydrogen-bond acceptors (Lipinski definition) is 3. The van der Waals surface area contributed by atoms with Crippen LogP contribution in [0.15, 0.2) is 24.3 Å². The molecule has 18 heavy (non-hydrogen) atoms. The van der Waals surface area contributed by atoms with E-state index in [1.165, 1.54) is 12.1 Å². The fraction of sp³-hybridized carbons (Fsp3) is 0.308. The predicted octanol–water partition coefficient (Wildman–Crippen LogP) is 0.942. The van der Waals surface area contributed by atoms with E-state index in [0.29, 0.717) is 17.5 Å². The zero-order chi connectivity index (χ0) is 13.5. The second-order valence-corrected chi connectivity index (χ2v) is 3.91. The molecule has 0 fully saturated rings. The third kappa shape index (κ3) is 3.59. The average molecular weight is 245 g/mol. The van der Waals surface area contributed by atoms with E-state index in [0.717, 1.165) is 6.42 Å². The molecule has 1 aromatic carbocycles. The summed E-state index contributed by atoms with van der Waals surface area (Å²) in [5.74, 6) is -0.907. The smallest absolute Gasteiger partial charge is 0.251 e. The number of benzene rings is 1. The molecule has 0 aliphatic carbocycles. The lowest BCUT2D eigenvalue weighted by atomic mass is 10.1. The number of amides is 2. The molecule has 0 saturated carbocycles. The standard InChI is InChI=1S/C13H15N3O2/c1-2-3-11(12(15)17)16-13(18)10-6-4-9(8-14)5-7-10/h4-7,11H,2-3H2,1H3,(H2,15,17)(H,16,18). The molecule has 5 nitrogen and oxygen atoms in total. The summed E-state index contributed by atoms with van der Waals surface area (Å²) in [6.07, 6.45) is 1.26. The Labute approximate surface area is 106 Å². The van der Waals surface area contributed by atoms with Crippen LogP contribution in [0.4, 0.5) is 0 Å². The van der Waals surface area contributed by atoms with E-state index in [4.69, 9.17) is 11.0 Å². The van der Waals surface area contributed by atoms with Gasteiger partial charge < -0.3 is 11.1 Å². The minimum Gasteiger partial charge on any atom is -0.368 e. The molecule has 0 saturated heterocycles. The molecule has 1 aromatic rings. The van der Waals surface area contributed by atoms with Crippen LogP contribution in [0.1, 0.15) is 35.7 Å². The summed E-state index contributed by atoms with van der Waals surface area (Å²) < 4.78 is 0. The highest BCUT2D eigenvalue weighted by atomic mass is 16.2. The highest BCUT2D eigenvalue weighted by Crippen LogP contribution is 2.05. The van der Waals surface area contributed by atoms with Gasteiger partial charge in [-0.2, -0.15) is 5.26 Å². The summed E-state index contributed by atoms with van der Waals surface area (Å²) in [4.78, 5) is 23.0. The van der Waals surface area contributed by atoms with E-state index in [-0.39, 0.29) is 5.91 Å². The molecular formula is C13H15N3O2. The van der Waals surface area contributed by atoms with Gasteiger partial charge in [0.2, 0.25) is 5.91 Å². The normalized spacial score (nSPS) is 11.3. The first-order valence-electron chi connectivity index (χ1n) is 5.68. The van der Waals surface area contributed by atoms with E-state index in [9.17, 15) is 9.59 Å². The molecule has 3 N–H and O–H groups in total. The average Bonchev–Trinajstić information content (AvgIpc) is 2.38. The van der Waals surface area contributed by atoms with Gasteiger partial charge >= 0.3 is 0 Å². The van der Waals surface area contributed by atoms with E-state index >= 15 is 0 Å². The largest absolute Gasteiger partial charge is 0.368 e. The Morgan fingerprint density at radius 3 is 2.44 bits per heavy atom. The summed E-state index contributed by atoms with van der Waals surface area (Å²) in [6.45, 7) is 1.91. The summed E-state index contributed by atoms with van der Waals surface area (Å²) in [6, 6.07) is 7.49. The molecule has 1 unspecified atom stereocenters. The van der Waals surface area contributed by atoms with Crippen molar-refractivity contribution in [1.29, 1.82) is 5.26 Å². The van der Waals surface area contributed by atoms with Gasteiger partial charge in [-0.05, 0) is 30.7 Å². The molecule has 0 radical (unpaired) electrons. The minimum atomic E-state index is -0.654. The molecule has 0 heterocycles. The Kier molecular flexibility index (Phi) is 4.88. The molecule has 5 heteroatoms. The Hall–Kier alpha value is -2.35. The second kappa shape index (κ2) is 6.40. The van der Waals surface area contributed by atoms with Crippen molar-refractivity contribution >= 4 is 11.8 Å². The fourth-order valence-corrected chi connectivity index (χ4v) is 1.51. The summed E-state index contributed by atoms with van der Waals surface area (Å²) in [5.41, 5.74) is 6.08. The lowest BCUT2D eigenvalue weighted by Crippen LogP contribution is -2.44. The number of hydrogen-bond donors (Lipinski definition) is 2. The topological polar surface area (TPSA) is 96.0 Å². The summed E-state index contributed by atoms with van der Waals surface area (Å²) >= 11 is 0. The van der Waals surface area contributed by atoms with Crippen LogP contribution in [-0.2, 0) is 4.79 Å². The lowest BCUT2D eigenvalue weighted by molar-refractivity contribution is -0.120. The van der Waals surface area contributed by atoms with Crippen molar-refractivity contribution < 1.29 is 9.59 Å². The Bertz CT molecular complexity index is 474. The van der Waals surface area contributed by atoms with Gasteiger partial charge in [0.05, 0.1) is 11.6 Å².